The van der Waals surface area contributed by atoms with Gasteiger partial charge in [0.15, 0.2) is 0 Å². The summed E-state index contributed by atoms with van der Waals surface area (Å²) in [6, 6.07) is 12.7. The van der Waals surface area contributed by atoms with Gasteiger partial charge in [0.2, 0.25) is 0 Å². The molecule has 0 aromatic heterocycles. The zero-order valence-corrected chi connectivity index (χ0v) is 13.1. The molecule has 1 unspecified atom stereocenters. The van der Waals surface area contributed by atoms with Gasteiger partial charge in [-0.1, -0.05) is 48.1 Å². The molecule has 0 fully saturated rings. The topological polar surface area (TPSA) is 46.5 Å². The van der Waals surface area contributed by atoms with Crippen LogP contribution in [-0.2, 0) is 11.2 Å². The second-order valence-electron chi connectivity index (χ2n) is 5.56. The molecular formula is C21H16O3. The van der Waals surface area contributed by atoms with Gasteiger partial charge in [0.1, 0.15) is 11.7 Å². The highest BCUT2D eigenvalue weighted by Gasteiger charge is 2.17. The molecule has 3 nitrogen and oxygen atoms in total. The van der Waals surface area contributed by atoms with Gasteiger partial charge in [0.05, 0.1) is 12.2 Å². The molecule has 0 amide bonds. The number of aliphatic carboxylic acids is 1. The minimum atomic E-state index is -0.966. The first kappa shape index (κ1) is 15.7. The van der Waals surface area contributed by atoms with Crippen molar-refractivity contribution in [2.24, 2.45) is 0 Å². The second kappa shape index (κ2) is 6.94. The third-order valence-corrected chi connectivity index (χ3v) is 3.90. The summed E-state index contributed by atoms with van der Waals surface area (Å²) in [5, 5.41) is 9.44. The molecule has 0 bridgehead atoms. The van der Waals surface area contributed by atoms with Gasteiger partial charge in [-0.25, -0.2) is 0 Å². The molecule has 1 atom stereocenters. The van der Waals surface area contributed by atoms with Gasteiger partial charge >= 0.3 is 5.97 Å². The highest BCUT2D eigenvalue weighted by molar-refractivity contribution is 5.80. The standard InChI is InChI=1S/C21H16O3/c1-2-16-13-15(14-18-9-6-12-24-20(16)18)10-11-19(21(22)23)17-7-4-3-5-8-17/h1,3-5,7-8,13-14,19H,6,9,12H2,(H,22,23). The summed E-state index contributed by atoms with van der Waals surface area (Å²) in [5.74, 6) is 7.37. The first-order valence-corrected chi connectivity index (χ1v) is 7.74. The van der Waals surface area contributed by atoms with Crippen LogP contribution in [0.2, 0.25) is 0 Å². The quantitative estimate of drug-likeness (QED) is 0.866. The van der Waals surface area contributed by atoms with E-state index >= 15 is 0 Å². The van der Waals surface area contributed by atoms with Crippen LogP contribution in [0.25, 0.3) is 0 Å². The lowest BCUT2D eigenvalue weighted by Gasteiger charge is -2.19. The lowest BCUT2D eigenvalue weighted by Crippen LogP contribution is -2.10. The third-order valence-electron chi connectivity index (χ3n) is 3.90. The second-order valence-corrected chi connectivity index (χ2v) is 5.56. The predicted molar refractivity (Wildman–Crippen MR) is 91.9 cm³/mol. The van der Waals surface area contributed by atoms with Crippen molar-refractivity contribution in [2.75, 3.05) is 6.61 Å². The maximum atomic E-state index is 11.5. The minimum absolute atomic E-state index is 0.663. The van der Waals surface area contributed by atoms with Crippen LogP contribution in [0.5, 0.6) is 5.75 Å². The van der Waals surface area contributed by atoms with Crippen LogP contribution in [-0.4, -0.2) is 17.7 Å². The maximum absolute atomic E-state index is 11.5. The average molecular weight is 316 g/mol. The number of ether oxygens (including phenoxy) is 1. The van der Waals surface area contributed by atoms with Gasteiger partial charge in [-0.2, -0.15) is 0 Å². The highest BCUT2D eigenvalue weighted by atomic mass is 16.5. The Kier molecular flexibility index (Phi) is 4.54. The summed E-state index contributed by atoms with van der Waals surface area (Å²) in [4.78, 5) is 11.5. The monoisotopic (exact) mass is 316 g/mol. The molecule has 0 spiro atoms. The van der Waals surface area contributed by atoms with Crippen LogP contribution < -0.4 is 4.74 Å². The van der Waals surface area contributed by atoms with Crippen molar-refractivity contribution in [2.45, 2.75) is 18.8 Å². The first-order chi connectivity index (χ1) is 11.7. The van der Waals surface area contributed by atoms with Crippen LogP contribution in [0.1, 0.15) is 34.6 Å². The average Bonchev–Trinajstić information content (AvgIpc) is 2.61. The number of fused-ring (bicyclic) bond motifs is 1. The van der Waals surface area contributed by atoms with Crippen molar-refractivity contribution in [3.05, 3.63) is 64.7 Å². The molecule has 0 aliphatic carbocycles. The number of terminal acetylenes is 1. The normalized spacial score (nSPS) is 13.5. The van der Waals surface area contributed by atoms with E-state index in [1.165, 1.54) is 0 Å². The molecule has 0 saturated carbocycles. The largest absolute Gasteiger partial charge is 0.492 e. The van der Waals surface area contributed by atoms with Crippen molar-refractivity contribution >= 4 is 5.97 Å². The van der Waals surface area contributed by atoms with Crippen LogP contribution in [0, 0.1) is 24.2 Å². The molecular weight excluding hydrogens is 300 g/mol. The number of hydrogen-bond acceptors (Lipinski definition) is 2. The summed E-state index contributed by atoms with van der Waals surface area (Å²) < 4.78 is 5.65. The van der Waals surface area contributed by atoms with Gasteiger partial charge in [-0.3, -0.25) is 4.79 Å². The summed E-state index contributed by atoms with van der Waals surface area (Å²) in [5.41, 5.74) is 3.08. The molecule has 1 aliphatic heterocycles. The molecule has 24 heavy (non-hydrogen) atoms. The summed E-state index contributed by atoms with van der Waals surface area (Å²) in [6.45, 7) is 0.668. The van der Waals surface area contributed by atoms with E-state index in [1.807, 2.05) is 12.1 Å². The highest BCUT2D eigenvalue weighted by Crippen LogP contribution is 2.30. The SMILES string of the molecule is C#Cc1cc(C#CC(C(=O)O)c2ccccc2)cc2c1OCCC2. The summed E-state index contributed by atoms with van der Waals surface area (Å²) in [6.07, 6.45) is 7.40. The van der Waals surface area contributed by atoms with Crippen LogP contribution >= 0.6 is 0 Å². The predicted octanol–water partition coefficient (Wildman–Crippen LogP) is 3.21. The van der Waals surface area contributed by atoms with Crippen molar-refractivity contribution in [3.8, 4) is 29.9 Å². The first-order valence-electron chi connectivity index (χ1n) is 7.74. The van der Waals surface area contributed by atoms with E-state index in [1.54, 1.807) is 30.3 Å². The molecule has 3 rings (SSSR count). The Morgan fingerprint density at radius 1 is 1.25 bits per heavy atom. The van der Waals surface area contributed by atoms with E-state index in [0.29, 0.717) is 17.7 Å². The third kappa shape index (κ3) is 3.26. The number of carboxylic acids is 1. The van der Waals surface area contributed by atoms with Crippen LogP contribution in [0.4, 0.5) is 0 Å². The fourth-order valence-corrected chi connectivity index (χ4v) is 2.75. The summed E-state index contributed by atoms with van der Waals surface area (Å²) in [7, 11) is 0. The number of rotatable bonds is 2. The molecule has 1 N–H and O–H groups in total. The number of aryl methyl sites for hydroxylation is 1. The van der Waals surface area contributed by atoms with Gasteiger partial charge in [-0.05, 0) is 36.1 Å². The number of carboxylic acid groups (broad SMARTS) is 1. The van der Waals surface area contributed by atoms with E-state index in [2.05, 4.69) is 17.8 Å². The summed E-state index contributed by atoms with van der Waals surface area (Å²) >= 11 is 0. The lowest BCUT2D eigenvalue weighted by molar-refractivity contribution is -0.137. The van der Waals surface area contributed by atoms with Crippen molar-refractivity contribution < 1.29 is 14.6 Å². The molecule has 0 saturated heterocycles. The Balaban J connectivity index is 1.98. The van der Waals surface area contributed by atoms with E-state index in [0.717, 1.165) is 29.7 Å². The Morgan fingerprint density at radius 3 is 2.75 bits per heavy atom. The zero-order valence-electron chi connectivity index (χ0n) is 13.1. The molecule has 1 heterocycles. The van der Waals surface area contributed by atoms with E-state index in [-0.39, 0.29) is 0 Å². The zero-order chi connectivity index (χ0) is 16.9. The Hall–Kier alpha value is -3.17. The Morgan fingerprint density at radius 2 is 2.04 bits per heavy atom. The van der Waals surface area contributed by atoms with Crippen molar-refractivity contribution in [1.29, 1.82) is 0 Å². The molecule has 118 valence electrons. The van der Waals surface area contributed by atoms with Gasteiger partial charge in [0, 0.05) is 5.56 Å². The van der Waals surface area contributed by atoms with Crippen LogP contribution in [0.15, 0.2) is 42.5 Å². The number of carbonyl (C=O) groups is 1. The van der Waals surface area contributed by atoms with Gasteiger partial charge in [0.25, 0.3) is 0 Å². The Labute approximate surface area is 141 Å². The fourth-order valence-electron chi connectivity index (χ4n) is 2.75. The maximum Gasteiger partial charge on any atom is 0.323 e. The molecule has 2 aromatic carbocycles. The number of hydrogen-bond donors (Lipinski definition) is 1. The minimum Gasteiger partial charge on any atom is -0.492 e. The molecule has 3 heteroatoms. The van der Waals surface area contributed by atoms with E-state index in [4.69, 9.17) is 11.2 Å². The Bertz CT molecular complexity index is 864. The van der Waals surface area contributed by atoms with Crippen molar-refractivity contribution in [1.82, 2.24) is 0 Å². The molecule has 2 aromatic rings. The molecule has 1 aliphatic rings. The van der Waals surface area contributed by atoms with E-state index < -0.39 is 11.9 Å². The van der Waals surface area contributed by atoms with Gasteiger partial charge in [-0.15, -0.1) is 6.42 Å². The van der Waals surface area contributed by atoms with Crippen molar-refractivity contribution in [3.63, 3.8) is 0 Å². The number of benzene rings is 2. The van der Waals surface area contributed by atoms with Gasteiger partial charge < -0.3 is 9.84 Å². The smallest absolute Gasteiger partial charge is 0.323 e. The fraction of sp³-hybridized carbons (Fsp3) is 0.190. The van der Waals surface area contributed by atoms with Crippen LogP contribution in [0.3, 0.4) is 0 Å². The van der Waals surface area contributed by atoms with E-state index in [9.17, 15) is 9.90 Å². The lowest BCUT2D eigenvalue weighted by atomic mass is 9.97. The molecule has 0 radical (unpaired) electrons.